The molecule has 1 aliphatic rings. The number of hydrogen-bond acceptors (Lipinski definition) is 4. The van der Waals surface area contributed by atoms with Crippen molar-refractivity contribution in [1.29, 1.82) is 0 Å². The van der Waals surface area contributed by atoms with E-state index in [2.05, 4.69) is 6.92 Å². The van der Waals surface area contributed by atoms with Crippen molar-refractivity contribution in [1.82, 2.24) is 4.31 Å². The number of sulfonamides is 1. The van der Waals surface area contributed by atoms with Gasteiger partial charge in [0.15, 0.2) is 0 Å². The third-order valence-electron chi connectivity index (χ3n) is 4.00. The van der Waals surface area contributed by atoms with Gasteiger partial charge in [0, 0.05) is 12.6 Å². The van der Waals surface area contributed by atoms with Crippen LogP contribution in [0.5, 0.6) is 5.75 Å². The van der Waals surface area contributed by atoms with E-state index in [0.717, 1.165) is 32.1 Å². The summed E-state index contributed by atoms with van der Waals surface area (Å²) < 4.78 is 32.4. The lowest BCUT2D eigenvalue weighted by Gasteiger charge is -2.34. The fourth-order valence-electron chi connectivity index (χ4n) is 2.92. The van der Waals surface area contributed by atoms with Crippen LogP contribution in [0, 0.1) is 0 Å². The van der Waals surface area contributed by atoms with Gasteiger partial charge in [0.1, 0.15) is 5.75 Å². The first kappa shape index (κ1) is 16.1. The molecule has 1 saturated heterocycles. The second-order valence-electron chi connectivity index (χ2n) is 5.46. The van der Waals surface area contributed by atoms with Crippen LogP contribution in [0.2, 0.25) is 0 Å². The van der Waals surface area contributed by atoms with Gasteiger partial charge in [0.2, 0.25) is 10.0 Å². The normalized spacial score (nSPS) is 20.4. The quantitative estimate of drug-likeness (QED) is 0.848. The molecule has 0 amide bonds. The highest BCUT2D eigenvalue weighted by molar-refractivity contribution is 7.89. The zero-order chi connectivity index (χ0) is 15.5. The van der Waals surface area contributed by atoms with Gasteiger partial charge in [0.25, 0.3) is 0 Å². The van der Waals surface area contributed by atoms with Crippen LogP contribution in [0.1, 0.15) is 39.0 Å². The van der Waals surface area contributed by atoms with Gasteiger partial charge in [-0.15, -0.1) is 0 Å². The first-order valence-electron chi connectivity index (χ1n) is 7.46. The first-order valence-corrected chi connectivity index (χ1v) is 8.90. The standard InChI is InChI=1S/C15H24N2O3S/c1-3-6-12-7-4-5-10-17(12)21(18,19)13-8-9-15(20-2)14(16)11-13/h8-9,11-12H,3-7,10,16H2,1-2H3. The maximum atomic E-state index is 12.9. The molecule has 118 valence electrons. The number of piperidine rings is 1. The molecule has 21 heavy (non-hydrogen) atoms. The fraction of sp³-hybridized carbons (Fsp3) is 0.600. The molecule has 2 N–H and O–H groups in total. The van der Waals surface area contributed by atoms with Crippen LogP contribution in [0.4, 0.5) is 5.69 Å². The maximum absolute atomic E-state index is 12.9. The van der Waals surface area contributed by atoms with E-state index in [-0.39, 0.29) is 10.9 Å². The molecule has 1 aromatic carbocycles. The summed E-state index contributed by atoms with van der Waals surface area (Å²) in [5.41, 5.74) is 6.19. The van der Waals surface area contributed by atoms with Crippen molar-refractivity contribution in [2.24, 2.45) is 0 Å². The van der Waals surface area contributed by atoms with Crippen LogP contribution in [0.3, 0.4) is 0 Å². The minimum atomic E-state index is -3.48. The minimum Gasteiger partial charge on any atom is -0.495 e. The van der Waals surface area contributed by atoms with E-state index >= 15 is 0 Å². The van der Waals surface area contributed by atoms with E-state index < -0.39 is 10.0 Å². The van der Waals surface area contributed by atoms with Crippen LogP contribution in [-0.4, -0.2) is 32.4 Å². The van der Waals surface area contributed by atoms with Gasteiger partial charge >= 0.3 is 0 Å². The molecular formula is C15H24N2O3S. The van der Waals surface area contributed by atoms with Crippen molar-refractivity contribution in [2.75, 3.05) is 19.4 Å². The molecule has 1 atom stereocenters. The van der Waals surface area contributed by atoms with Crippen molar-refractivity contribution in [2.45, 2.75) is 50.0 Å². The van der Waals surface area contributed by atoms with E-state index in [4.69, 9.17) is 10.5 Å². The Balaban J connectivity index is 2.33. The zero-order valence-electron chi connectivity index (χ0n) is 12.7. The van der Waals surface area contributed by atoms with Crippen LogP contribution >= 0.6 is 0 Å². The fourth-order valence-corrected chi connectivity index (χ4v) is 4.68. The third-order valence-corrected chi connectivity index (χ3v) is 5.95. The summed E-state index contributed by atoms with van der Waals surface area (Å²) in [6.07, 6.45) is 4.86. The van der Waals surface area contributed by atoms with E-state index in [0.29, 0.717) is 18.0 Å². The predicted molar refractivity (Wildman–Crippen MR) is 83.8 cm³/mol. The van der Waals surface area contributed by atoms with Crippen LogP contribution in [-0.2, 0) is 10.0 Å². The van der Waals surface area contributed by atoms with E-state index in [1.54, 1.807) is 16.4 Å². The highest BCUT2D eigenvalue weighted by Crippen LogP contribution is 2.30. The van der Waals surface area contributed by atoms with Crippen molar-refractivity contribution < 1.29 is 13.2 Å². The molecule has 1 heterocycles. The Kier molecular flexibility index (Phi) is 5.11. The van der Waals surface area contributed by atoms with Crippen LogP contribution in [0.25, 0.3) is 0 Å². The van der Waals surface area contributed by atoms with Gasteiger partial charge in [-0.05, 0) is 37.5 Å². The number of nitrogens with zero attached hydrogens (tertiary/aromatic N) is 1. The molecule has 0 spiro atoms. The zero-order valence-corrected chi connectivity index (χ0v) is 13.5. The average Bonchev–Trinajstić information content (AvgIpc) is 2.48. The van der Waals surface area contributed by atoms with Gasteiger partial charge < -0.3 is 10.5 Å². The Labute approximate surface area is 127 Å². The molecule has 0 aromatic heterocycles. The second kappa shape index (κ2) is 6.66. The Bertz CT molecular complexity index is 585. The Morgan fingerprint density at radius 1 is 1.38 bits per heavy atom. The summed E-state index contributed by atoms with van der Waals surface area (Å²) in [7, 11) is -1.97. The van der Waals surface area contributed by atoms with Crippen molar-refractivity contribution in [3.8, 4) is 5.75 Å². The van der Waals surface area contributed by atoms with Crippen molar-refractivity contribution >= 4 is 15.7 Å². The monoisotopic (exact) mass is 312 g/mol. The van der Waals surface area contributed by atoms with Crippen LogP contribution < -0.4 is 10.5 Å². The number of hydrogen-bond donors (Lipinski definition) is 1. The Morgan fingerprint density at radius 3 is 2.76 bits per heavy atom. The highest BCUT2D eigenvalue weighted by atomic mass is 32.2. The van der Waals surface area contributed by atoms with Crippen LogP contribution in [0.15, 0.2) is 23.1 Å². The SMILES string of the molecule is CCCC1CCCCN1S(=O)(=O)c1ccc(OC)c(N)c1. The molecule has 2 rings (SSSR count). The lowest BCUT2D eigenvalue weighted by Crippen LogP contribution is -2.43. The summed E-state index contributed by atoms with van der Waals surface area (Å²) in [4.78, 5) is 0.254. The predicted octanol–water partition coefficient (Wildman–Crippen LogP) is 2.62. The van der Waals surface area contributed by atoms with Gasteiger partial charge in [0.05, 0.1) is 17.7 Å². The summed E-state index contributed by atoms with van der Waals surface area (Å²) >= 11 is 0. The number of anilines is 1. The molecule has 5 nitrogen and oxygen atoms in total. The van der Waals surface area contributed by atoms with Gasteiger partial charge in [-0.25, -0.2) is 8.42 Å². The summed E-state index contributed by atoms with van der Waals surface area (Å²) in [5, 5.41) is 0. The van der Waals surface area contributed by atoms with Crippen molar-refractivity contribution in [3.63, 3.8) is 0 Å². The number of ether oxygens (including phenoxy) is 1. The molecular weight excluding hydrogens is 288 g/mol. The number of methoxy groups -OCH3 is 1. The minimum absolute atomic E-state index is 0.108. The van der Waals surface area contributed by atoms with E-state index in [1.807, 2.05) is 0 Å². The molecule has 1 fully saturated rings. The lowest BCUT2D eigenvalue weighted by atomic mass is 10.0. The number of rotatable bonds is 5. The van der Waals surface area contributed by atoms with Gasteiger partial charge in [-0.3, -0.25) is 0 Å². The third kappa shape index (κ3) is 3.32. The molecule has 0 aliphatic carbocycles. The summed E-state index contributed by atoms with van der Waals surface area (Å²) in [5.74, 6) is 0.498. The molecule has 6 heteroatoms. The molecule has 0 radical (unpaired) electrons. The van der Waals surface area contributed by atoms with Gasteiger partial charge in [-0.2, -0.15) is 4.31 Å². The average molecular weight is 312 g/mol. The molecule has 1 aliphatic heterocycles. The number of benzene rings is 1. The Morgan fingerprint density at radius 2 is 2.14 bits per heavy atom. The number of nitrogen functional groups attached to an aromatic ring is 1. The lowest BCUT2D eigenvalue weighted by molar-refractivity contribution is 0.239. The largest absolute Gasteiger partial charge is 0.495 e. The topological polar surface area (TPSA) is 72.6 Å². The van der Waals surface area contributed by atoms with E-state index in [9.17, 15) is 8.42 Å². The summed E-state index contributed by atoms with van der Waals surface area (Å²) in [6, 6.07) is 4.78. The van der Waals surface area contributed by atoms with Gasteiger partial charge in [-0.1, -0.05) is 19.8 Å². The summed E-state index contributed by atoms with van der Waals surface area (Å²) in [6.45, 7) is 2.68. The van der Waals surface area contributed by atoms with Crippen molar-refractivity contribution in [3.05, 3.63) is 18.2 Å². The molecule has 1 aromatic rings. The highest BCUT2D eigenvalue weighted by Gasteiger charge is 2.33. The molecule has 1 unspecified atom stereocenters. The maximum Gasteiger partial charge on any atom is 0.243 e. The molecule has 0 bridgehead atoms. The first-order chi connectivity index (χ1) is 10.0. The Hall–Kier alpha value is -1.27. The van der Waals surface area contributed by atoms with E-state index in [1.165, 1.54) is 13.2 Å². The smallest absolute Gasteiger partial charge is 0.243 e. The second-order valence-corrected chi connectivity index (χ2v) is 7.35. The molecule has 0 saturated carbocycles. The number of nitrogens with two attached hydrogens (primary N) is 1.